The minimum absolute atomic E-state index is 0.166. The predicted octanol–water partition coefficient (Wildman–Crippen LogP) is -0.446. The Balaban J connectivity index is 3.47. The number of carbonyl (C=O) groups excluding carboxylic acids is 2. The van der Waals surface area contributed by atoms with E-state index in [-0.39, 0.29) is 18.9 Å². The molecule has 0 heterocycles. The summed E-state index contributed by atoms with van der Waals surface area (Å²) in [5, 5.41) is 2.47. The van der Waals surface area contributed by atoms with Gasteiger partial charge in [-0.05, 0) is 6.92 Å². The second kappa shape index (κ2) is 4.49. The van der Waals surface area contributed by atoms with Crippen molar-refractivity contribution < 1.29 is 9.59 Å². The van der Waals surface area contributed by atoms with E-state index in [0.29, 0.717) is 5.57 Å². The molecule has 0 fully saturated rings. The molecule has 62 valence electrons. The van der Waals surface area contributed by atoms with Crippen LogP contribution in [0.2, 0.25) is 0 Å². The smallest absolute Gasteiger partial charge is 0.246 e. The first-order chi connectivity index (χ1) is 5.04. The molecular formula is C7H12N2O2. The zero-order chi connectivity index (χ0) is 8.85. The fourth-order valence-corrected chi connectivity index (χ4v) is 0.450. The topological polar surface area (TPSA) is 72.2 Å². The fraction of sp³-hybridized carbons (Fsp3) is 0.429. The number of nitrogens with two attached hydrogens (primary N) is 1. The van der Waals surface area contributed by atoms with Gasteiger partial charge < -0.3 is 11.1 Å². The van der Waals surface area contributed by atoms with Gasteiger partial charge >= 0.3 is 0 Å². The summed E-state index contributed by atoms with van der Waals surface area (Å²) in [6.07, 6.45) is 0.166. The lowest BCUT2D eigenvalue weighted by atomic mass is 10.3. The van der Waals surface area contributed by atoms with Crippen LogP contribution in [0.1, 0.15) is 13.3 Å². The molecule has 0 aliphatic rings. The Hall–Kier alpha value is -1.32. The Morgan fingerprint density at radius 1 is 1.55 bits per heavy atom. The maximum atomic E-state index is 10.8. The van der Waals surface area contributed by atoms with E-state index in [0.717, 1.165) is 0 Å². The van der Waals surface area contributed by atoms with Crippen LogP contribution < -0.4 is 11.1 Å². The van der Waals surface area contributed by atoms with Crippen LogP contribution in [0, 0.1) is 0 Å². The summed E-state index contributed by atoms with van der Waals surface area (Å²) in [5.74, 6) is -0.668. The van der Waals surface area contributed by atoms with Crippen LogP contribution >= 0.6 is 0 Å². The molecule has 11 heavy (non-hydrogen) atoms. The van der Waals surface area contributed by atoms with E-state index < -0.39 is 5.91 Å². The highest BCUT2D eigenvalue weighted by Gasteiger charge is 2.00. The van der Waals surface area contributed by atoms with Crippen molar-refractivity contribution in [2.24, 2.45) is 5.73 Å². The van der Waals surface area contributed by atoms with Gasteiger partial charge in [0.15, 0.2) is 0 Å². The van der Waals surface area contributed by atoms with Crippen molar-refractivity contribution >= 4 is 11.8 Å². The summed E-state index contributed by atoms with van der Waals surface area (Å²) in [4.78, 5) is 21.0. The monoisotopic (exact) mass is 156 g/mol. The summed E-state index contributed by atoms with van der Waals surface area (Å²) >= 11 is 0. The van der Waals surface area contributed by atoms with Crippen molar-refractivity contribution in [3.63, 3.8) is 0 Å². The molecule has 0 unspecified atom stereocenters. The van der Waals surface area contributed by atoms with E-state index in [1.165, 1.54) is 0 Å². The van der Waals surface area contributed by atoms with Crippen LogP contribution in [0.5, 0.6) is 0 Å². The second-order valence-corrected chi connectivity index (χ2v) is 2.25. The minimum Gasteiger partial charge on any atom is -0.370 e. The first kappa shape index (κ1) is 9.68. The molecule has 0 saturated carbocycles. The SMILES string of the molecule is C=C(C)C(=O)NCCC(N)=O. The van der Waals surface area contributed by atoms with Crippen molar-refractivity contribution in [2.45, 2.75) is 13.3 Å². The number of primary amides is 1. The maximum absolute atomic E-state index is 10.8. The molecule has 4 nitrogen and oxygen atoms in total. The number of hydrogen-bond acceptors (Lipinski definition) is 2. The number of nitrogens with one attached hydrogen (secondary N) is 1. The van der Waals surface area contributed by atoms with Crippen LogP contribution in [0.4, 0.5) is 0 Å². The molecule has 4 heteroatoms. The van der Waals surface area contributed by atoms with Gasteiger partial charge in [-0.25, -0.2) is 0 Å². The zero-order valence-electron chi connectivity index (χ0n) is 6.52. The third-order valence-corrected chi connectivity index (χ3v) is 1.04. The Bertz CT molecular complexity index is 187. The van der Waals surface area contributed by atoms with Crippen LogP contribution in [0.15, 0.2) is 12.2 Å². The van der Waals surface area contributed by atoms with E-state index in [1.807, 2.05) is 0 Å². The molecule has 0 rings (SSSR count). The molecule has 3 N–H and O–H groups in total. The summed E-state index contributed by atoms with van der Waals surface area (Å²) < 4.78 is 0. The molecule has 2 amide bonds. The standard InChI is InChI=1S/C7H12N2O2/c1-5(2)7(11)9-4-3-6(8)10/h1,3-4H2,2H3,(H2,8,10)(H,9,11). The first-order valence-electron chi connectivity index (χ1n) is 3.26. The lowest BCUT2D eigenvalue weighted by Gasteiger charge is -2.01. The first-order valence-corrected chi connectivity index (χ1v) is 3.26. The summed E-state index contributed by atoms with van der Waals surface area (Å²) in [6.45, 7) is 5.30. The van der Waals surface area contributed by atoms with E-state index in [9.17, 15) is 9.59 Å². The normalized spacial score (nSPS) is 8.82. The fourth-order valence-electron chi connectivity index (χ4n) is 0.450. The van der Waals surface area contributed by atoms with Crippen molar-refractivity contribution in [3.8, 4) is 0 Å². The Labute approximate surface area is 65.5 Å². The van der Waals surface area contributed by atoms with Gasteiger partial charge in [0.25, 0.3) is 0 Å². The van der Waals surface area contributed by atoms with Crippen LogP contribution in [0.25, 0.3) is 0 Å². The average Bonchev–Trinajstić information content (AvgIpc) is 1.86. The highest BCUT2D eigenvalue weighted by molar-refractivity contribution is 5.92. The molecule has 0 radical (unpaired) electrons. The molecule has 0 aromatic carbocycles. The quantitative estimate of drug-likeness (QED) is 0.541. The lowest BCUT2D eigenvalue weighted by molar-refractivity contribution is -0.118. The highest BCUT2D eigenvalue weighted by Crippen LogP contribution is 1.85. The molecule has 0 aliphatic carbocycles. The highest BCUT2D eigenvalue weighted by atomic mass is 16.2. The van der Waals surface area contributed by atoms with Crippen LogP contribution in [0.3, 0.4) is 0 Å². The van der Waals surface area contributed by atoms with Crippen LogP contribution in [-0.4, -0.2) is 18.4 Å². The lowest BCUT2D eigenvalue weighted by Crippen LogP contribution is -2.27. The minimum atomic E-state index is -0.424. The largest absolute Gasteiger partial charge is 0.370 e. The van der Waals surface area contributed by atoms with Gasteiger partial charge in [-0.1, -0.05) is 6.58 Å². The number of carbonyl (C=O) groups is 2. The third kappa shape index (κ3) is 5.14. The Kier molecular flexibility index (Phi) is 3.95. The van der Waals surface area contributed by atoms with Crippen molar-refractivity contribution in [3.05, 3.63) is 12.2 Å². The number of rotatable bonds is 4. The van der Waals surface area contributed by atoms with Crippen molar-refractivity contribution in [1.29, 1.82) is 0 Å². The molecule has 0 aromatic heterocycles. The van der Waals surface area contributed by atoms with Crippen LogP contribution in [-0.2, 0) is 9.59 Å². The molecule has 0 atom stereocenters. The van der Waals surface area contributed by atoms with E-state index in [2.05, 4.69) is 11.9 Å². The third-order valence-electron chi connectivity index (χ3n) is 1.04. The second-order valence-electron chi connectivity index (χ2n) is 2.25. The van der Waals surface area contributed by atoms with Gasteiger partial charge in [-0.15, -0.1) is 0 Å². The van der Waals surface area contributed by atoms with Gasteiger partial charge in [0.1, 0.15) is 0 Å². The predicted molar refractivity (Wildman–Crippen MR) is 41.6 cm³/mol. The molecule has 0 saturated heterocycles. The van der Waals surface area contributed by atoms with Gasteiger partial charge in [-0.3, -0.25) is 9.59 Å². The Morgan fingerprint density at radius 2 is 2.09 bits per heavy atom. The van der Waals surface area contributed by atoms with Gasteiger partial charge in [0.05, 0.1) is 0 Å². The van der Waals surface area contributed by atoms with Gasteiger partial charge in [-0.2, -0.15) is 0 Å². The summed E-state index contributed by atoms with van der Waals surface area (Å²) in [5.41, 5.74) is 5.27. The van der Waals surface area contributed by atoms with Crippen molar-refractivity contribution in [2.75, 3.05) is 6.54 Å². The molecular weight excluding hydrogens is 144 g/mol. The molecule has 0 aromatic rings. The number of amides is 2. The molecule has 0 spiro atoms. The van der Waals surface area contributed by atoms with E-state index in [4.69, 9.17) is 5.73 Å². The maximum Gasteiger partial charge on any atom is 0.246 e. The molecule has 0 aliphatic heterocycles. The summed E-state index contributed by atoms with van der Waals surface area (Å²) in [6, 6.07) is 0. The zero-order valence-corrected chi connectivity index (χ0v) is 6.52. The number of hydrogen-bond donors (Lipinski definition) is 2. The summed E-state index contributed by atoms with van der Waals surface area (Å²) in [7, 11) is 0. The van der Waals surface area contributed by atoms with Gasteiger partial charge in [0.2, 0.25) is 11.8 Å². The van der Waals surface area contributed by atoms with Crippen molar-refractivity contribution in [1.82, 2.24) is 5.32 Å². The van der Waals surface area contributed by atoms with E-state index in [1.54, 1.807) is 6.92 Å². The average molecular weight is 156 g/mol. The Morgan fingerprint density at radius 3 is 2.45 bits per heavy atom. The van der Waals surface area contributed by atoms with Gasteiger partial charge in [0, 0.05) is 18.5 Å². The molecule has 0 bridgehead atoms. The van der Waals surface area contributed by atoms with E-state index >= 15 is 0 Å².